The van der Waals surface area contributed by atoms with Gasteiger partial charge in [-0.05, 0) is 56.5 Å². The molecule has 1 aromatic rings. The number of nitrogens with zero attached hydrogens (tertiary/aromatic N) is 2. The van der Waals surface area contributed by atoms with Crippen molar-refractivity contribution in [3.63, 3.8) is 0 Å². The summed E-state index contributed by atoms with van der Waals surface area (Å²) in [5.74, 6) is -1.10. The third kappa shape index (κ3) is 8.75. The second-order valence-electron chi connectivity index (χ2n) is 11.1. The maximum atomic E-state index is 13.5. The van der Waals surface area contributed by atoms with E-state index in [1.54, 1.807) is 59.7 Å². The van der Waals surface area contributed by atoms with Crippen molar-refractivity contribution < 1.29 is 24.2 Å². The van der Waals surface area contributed by atoms with E-state index in [4.69, 9.17) is 16.3 Å². The lowest BCUT2D eigenvalue weighted by molar-refractivity contribution is -0.156. The molecule has 0 unspecified atom stereocenters. The molecule has 0 spiro atoms. The topological polar surface area (TPSA) is 111 Å². The minimum Gasteiger partial charge on any atom is -0.444 e. The number of likely N-dealkylation sites (N-methyl/N-ethyl adjacent to an activating group) is 1. The van der Waals surface area contributed by atoms with Gasteiger partial charge < -0.3 is 25.4 Å². The molecule has 3 N–H and O–H groups in total. The summed E-state index contributed by atoms with van der Waals surface area (Å²) in [6.07, 6.45) is -1.96. The molecule has 0 aliphatic carbocycles. The van der Waals surface area contributed by atoms with E-state index in [2.05, 4.69) is 10.6 Å². The minimum absolute atomic E-state index is 0.0986. The molecule has 2 atom stereocenters. The van der Waals surface area contributed by atoms with Gasteiger partial charge in [-0.25, -0.2) is 4.79 Å². The predicted molar refractivity (Wildman–Crippen MR) is 135 cm³/mol. The number of alkyl carbamates (subject to hydrolysis) is 1. The first kappa shape index (κ1) is 29.0. The van der Waals surface area contributed by atoms with Crippen molar-refractivity contribution in [1.29, 1.82) is 0 Å². The van der Waals surface area contributed by atoms with Gasteiger partial charge in [0.1, 0.15) is 17.7 Å². The molecular weight excluding hydrogens is 472 g/mol. The van der Waals surface area contributed by atoms with Crippen LogP contribution in [0.3, 0.4) is 0 Å². The molecule has 0 bridgehead atoms. The summed E-state index contributed by atoms with van der Waals surface area (Å²) in [5, 5.41) is 17.0. The number of aliphatic hydroxyl groups excluding tert-OH is 1. The third-order valence-electron chi connectivity index (χ3n) is 5.58. The molecule has 1 fully saturated rings. The van der Waals surface area contributed by atoms with Gasteiger partial charge in [-0.1, -0.05) is 38.4 Å². The molecule has 9 nitrogen and oxygen atoms in total. The number of carbonyl (C=O) groups excluding carboxylic acids is 3. The Bertz CT molecular complexity index is 925. The van der Waals surface area contributed by atoms with Crippen molar-refractivity contribution in [3.05, 3.63) is 34.3 Å². The van der Waals surface area contributed by atoms with Crippen molar-refractivity contribution in [2.24, 2.45) is 5.41 Å². The highest BCUT2D eigenvalue weighted by molar-refractivity contribution is 6.30. The summed E-state index contributed by atoms with van der Waals surface area (Å²) in [6, 6.07) is 4.47. The second kappa shape index (κ2) is 11.7. The SMILES string of the molecule is CN1CCN[C@H](C(=O)N(Cc2cc(Cl)ccc2CNC(=O)OC(C)(C)C)C(=O)[C@H](O)C(C)(C)C)C1. The minimum atomic E-state index is -1.38. The van der Waals surface area contributed by atoms with Crippen molar-refractivity contribution in [3.8, 4) is 0 Å². The normalized spacial score (nSPS) is 18.0. The number of amides is 3. The Morgan fingerprint density at radius 1 is 1.23 bits per heavy atom. The first-order valence-electron chi connectivity index (χ1n) is 11.8. The van der Waals surface area contributed by atoms with Crippen molar-refractivity contribution in [2.45, 2.75) is 72.4 Å². The summed E-state index contributed by atoms with van der Waals surface area (Å²) in [5.41, 5.74) is -0.154. The Morgan fingerprint density at radius 2 is 1.89 bits per heavy atom. The van der Waals surface area contributed by atoms with Gasteiger partial charge in [0.2, 0.25) is 5.91 Å². The van der Waals surface area contributed by atoms with Crippen LogP contribution in [0.25, 0.3) is 0 Å². The molecular formula is C25H39ClN4O5. The highest BCUT2D eigenvalue weighted by Gasteiger charge is 2.38. The zero-order valence-corrected chi connectivity index (χ0v) is 22.5. The van der Waals surface area contributed by atoms with E-state index in [1.165, 1.54) is 0 Å². The lowest BCUT2D eigenvalue weighted by Gasteiger charge is -2.35. The molecule has 35 heavy (non-hydrogen) atoms. The van der Waals surface area contributed by atoms with Crippen LogP contribution in [-0.4, -0.2) is 77.2 Å². The van der Waals surface area contributed by atoms with Crippen LogP contribution in [0.2, 0.25) is 5.02 Å². The summed E-state index contributed by atoms with van der Waals surface area (Å²) >= 11 is 6.24. The molecule has 1 aromatic carbocycles. The summed E-state index contributed by atoms with van der Waals surface area (Å²) in [6.45, 7) is 12.4. The van der Waals surface area contributed by atoms with Gasteiger partial charge in [-0.3, -0.25) is 14.5 Å². The van der Waals surface area contributed by atoms with E-state index in [0.717, 1.165) is 11.4 Å². The van der Waals surface area contributed by atoms with E-state index in [1.807, 2.05) is 11.9 Å². The fourth-order valence-corrected chi connectivity index (χ4v) is 3.79. The van der Waals surface area contributed by atoms with Gasteiger partial charge in [0.05, 0.1) is 6.54 Å². The largest absolute Gasteiger partial charge is 0.444 e. The number of hydrogen-bond donors (Lipinski definition) is 3. The number of carbonyl (C=O) groups is 3. The second-order valence-corrected chi connectivity index (χ2v) is 11.5. The summed E-state index contributed by atoms with van der Waals surface area (Å²) < 4.78 is 5.30. The van der Waals surface area contributed by atoms with Crippen LogP contribution >= 0.6 is 11.6 Å². The van der Waals surface area contributed by atoms with E-state index in [-0.39, 0.29) is 13.1 Å². The Morgan fingerprint density at radius 3 is 2.46 bits per heavy atom. The first-order valence-corrected chi connectivity index (χ1v) is 12.2. The molecule has 3 amide bonds. The van der Waals surface area contributed by atoms with E-state index >= 15 is 0 Å². The zero-order chi connectivity index (χ0) is 26.6. The van der Waals surface area contributed by atoms with Crippen LogP contribution in [0.1, 0.15) is 52.7 Å². The van der Waals surface area contributed by atoms with Gasteiger partial charge in [0.15, 0.2) is 0 Å². The summed E-state index contributed by atoms with van der Waals surface area (Å²) in [4.78, 5) is 42.2. The number of halogens is 1. The van der Waals surface area contributed by atoms with Gasteiger partial charge in [-0.15, -0.1) is 0 Å². The Hall–Kier alpha value is -2.20. The highest BCUT2D eigenvalue weighted by Crippen LogP contribution is 2.24. The van der Waals surface area contributed by atoms with Crippen LogP contribution in [0, 0.1) is 5.41 Å². The average molecular weight is 511 g/mol. The van der Waals surface area contributed by atoms with E-state index in [9.17, 15) is 19.5 Å². The van der Waals surface area contributed by atoms with Crippen LogP contribution in [0.5, 0.6) is 0 Å². The molecule has 10 heteroatoms. The smallest absolute Gasteiger partial charge is 0.407 e. The number of imide groups is 1. The quantitative estimate of drug-likeness (QED) is 0.539. The maximum Gasteiger partial charge on any atom is 0.407 e. The van der Waals surface area contributed by atoms with Gasteiger partial charge >= 0.3 is 6.09 Å². The fraction of sp³-hybridized carbons (Fsp3) is 0.640. The average Bonchev–Trinajstić information content (AvgIpc) is 2.73. The molecule has 2 rings (SSSR count). The van der Waals surface area contributed by atoms with Crippen molar-refractivity contribution in [1.82, 2.24) is 20.4 Å². The van der Waals surface area contributed by atoms with Crippen LogP contribution < -0.4 is 10.6 Å². The predicted octanol–water partition coefficient (Wildman–Crippen LogP) is 2.53. The molecule has 1 heterocycles. The number of aliphatic hydroxyl groups is 1. The Kier molecular flexibility index (Phi) is 9.70. The van der Waals surface area contributed by atoms with Gasteiger partial charge in [0, 0.05) is 31.2 Å². The van der Waals surface area contributed by atoms with Crippen LogP contribution in [0.15, 0.2) is 18.2 Å². The van der Waals surface area contributed by atoms with E-state index < -0.39 is 41.1 Å². The Labute approximate surface area is 213 Å². The lowest BCUT2D eigenvalue weighted by Crippen LogP contribution is -2.59. The third-order valence-corrected chi connectivity index (χ3v) is 5.82. The molecule has 0 radical (unpaired) electrons. The van der Waals surface area contributed by atoms with Gasteiger partial charge in [-0.2, -0.15) is 0 Å². The standard InChI is InChI=1S/C25H39ClN4O5/c1-24(2,3)20(31)22(33)30(21(32)19-15-29(7)11-10-27-19)14-17-12-18(26)9-8-16(17)13-28-23(34)35-25(4,5)6/h8-9,12,19-20,27,31H,10-11,13-15H2,1-7H3,(H,28,34)/t19-,20-/m0/s1. The number of piperazine rings is 1. The molecule has 1 aliphatic heterocycles. The molecule has 196 valence electrons. The van der Waals surface area contributed by atoms with Crippen molar-refractivity contribution >= 4 is 29.5 Å². The monoisotopic (exact) mass is 510 g/mol. The van der Waals surface area contributed by atoms with Crippen LogP contribution in [0.4, 0.5) is 4.79 Å². The maximum absolute atomic E-state index is 13.5. The summed E-state index contributed by atoms with van der Waals surface area (Å²) in [7, 11) is 1.91. The number of benzene rings is 1. The molecule has 1 saturated heterocycles. The lowest BCUT2D eigenvalue weighted by atomic mass is 9.88. The zero-order valence-electron chi connectivity index (χ0n) is 21.8. The molecule has 1 aliphatic rings. The highest BCUT2D eigenvalue weighted by atomic mass is 35.5. The van der Waals surface area contributed by atoms with Crippen molar-refractivity contribution in [2.75, 3.05) is 26.7 Å². The van der Waals surface area contributed by atoms with Crippen LogP contribution in [-0.2, 0) is 27.4 Å². The fourth-order valence-electron chi connectivity index (χ4n) is 3.60. The number of rotatable bonds is 6. The molecule has 0 aromatic heterocycles. The molecule has 0 saturated carbocycles. The number of hydrogen-bond acceptors (Lipinski definition) is 7. The number of ether oxygens (including phenoxy) is 1. The van der Waals surface area contributed by atoms with Gasteiger partial charge in [0.25, 0.3) is 5.91 Å². The first-order chi connectivity index (χ1) is 16.1. The van der Waals surface area contributed by atoms with E-state index in [0.29, 0.717) is 29.2 Å². The Balaban J connectivity index is 2.34. The number of nitrogens with one attached hydrogen (secondary N) is 2.